The van der Waals surface area contributed by atoms with Gasteiger partial charge >= 0.3 is 0 Å². The molecule has 6 N–H and O–H groups in total. The van der Waals surface area contributed by atoms with Crippen molar-refractivity contribution < 1.29 is 19.4 Å². The molecule has 0 bridgehead atoms. The van der Waals surface area contributed by atoms with E-state index in [1.807, 2.05) is 0 Å². The van der Waals surface area contributed by atoms with Crippen molar-refractivity contribution >= 4 is 11.7 Å². The highest BCUT2D eigenvalue weighted by Gasteiger charge is 2.21. The van der Waals surface area contributed by atoms with E-state index in [2.05, 4.69) is 4.98 Å². The number of primary amides is 1. The van der Waals surface area contributed by atoms with E-state index in [1.54, 1.807) is 0 Å². The Kier molecular flexibility index (Phi) is 3.75. The van der Waals surface area contributed by atoms with Crippen molar-refractivity contribution in [1.29, 1.82) is 0 Å². The Morgan fingerprint density at radius 2 is 2.19 bits per heavy atom. The number of carbonyl (C=O) groups is 1. The Hall–Kier alpha value is -1.73. The average molecular weight is 229 g/mol. The smallest absolute Gasteiger partial charge is 0.220 e. The van der Waals surface area contributed by atoms with Gasteiger partial charge in [0.2, 0.25) is 5.91 Å². The molecule has 88 valence electrons. The summed E-state index contributed by atoms with van der Waals surface area (Å²) in [5.74, 6) is -1.88. The van der Waals surface area contributed by atoms with Crippen molar-refractivity contribution in [2.24, 2.45) is 5.73 Å². The fourth-order valence-electron chi connectivity index (χ4n) is 1.16. The van der Waals surface area contributed by atoms with Gasteiger partial charge in [0.1, 0.15) is 6.10 Å². The van der Waals surface area contributed by atoms with E-state index in [4.69, 9.17) is 11.5 Å². The minimum Gasteiger partial charge on any atom is -0.390 e. The number of aliphatic hydroxyl groups excluding tert-OH is 2. The van der Waals surface area contributed by atoms with Gasteiger partial charge in [-0.25, -0.2) is 9.37 Å². The third-order valence-electron chi connectivity index (χ3n) is 2.01. The molecule has 0 aliphatic carbocycles. The van der Waals surface area contributed by atoms with Crippen LogP contribution in [-0.4, -0.2) is 27.2 Å². The summed E-state index contributed by atoms with van der Waals surface area (Å²) in [7, 11) is 0. The lowest BCUT2D eigenvalue weighted by Crippen LogP contribution is -2.25. The molecule has 6 nitrogen and oxygen atoms in total. The molecule has 16 heavy (non-hydrogen) atoms. The van der Waals surface area contributed by atoms with Crippen molar-refractivity contribution in [1.82, 2.24) is 4.98 Å². The molecule has 2 atom stereocenters. The zero-order valence-electron chi connectivity index (χ0n) is 8.30. The highest BCUT2D eigenvalue weighted by molar-refractivity contribution is 5.74. The molecule has 0 aliphatic rings. The predicted octanol–water partition coefficient (Wildman–Crippen LogP) is -0.927. The van der Waals surface area contributed by atoms with Crippen molar-refractivity contribution in [3.05, 3.63) is 23.6 Å². The molecule has 0 aliphatic heterocycles. The number of amides is 1. The van der Waals surface area contributed by atoms with Crippen LogP contribution >= 0.6 is 0 Å². The van der Waals surface area contributed by atoms with E-state index in [9.17, 15) is 19.4 Å². The summed E-state index contributed by atoms with van der Waals surface area (Å²) >= 11 is 0. The van der Waals surface area contributed by atoms with Crippen LogP contribution in [0.15, 0.2) is 12.3 Å². The first-order chi connectivity index (χ1) is 7.41. The van der Waals surface area contributed by atoms with Gasteiger partial charge in [0.05, 0.1) is 12.5 Å². The summed E-state index contributed by atoms with van der Waals surface area (Å²) in [6.45, 7) is 0. The monoisotopic (exact) mass is 229 g/mol. The zero-order valence-corrected chi connectivity index (χ0v) is 8.30. The van der Waals surface area contributed by atoms with Gasteiger partial charge in [-0.2, -0.15) is 0 Å². The Labute approximate surface area is 90.7 Å². The lowest BCUT2D eigenvalue weighted by molar-refractivity contribution is -0.121. The Bertz CT molecular complexity index is 400. The highest BCUT2D eigenvalue weighted by atomic mass is 19.1. The Morgan fingerprint density at radius 3 is 2.69 bits per heavy atom. The molecule has 1 aromatic heterocycles. The second-order valence-electron chi connectivity index (χ2n) is 3.32. The topological polar surface area (TPSA) is 122 Å². The Morgan fingerprint density at radius 1 is 1.56 bits per heavy atom. The van der Waals surface area contributed by atoms with Crippen LogP contribution in [0.3, 0.4) is 0 Å². The summed E-state index contributed by atoms with van der Waals surface area (Å²) in [5.41, 5.74) is 10.0. The van der Waals surface area contributed by atoms with E-state index in [0.717, 1.165) is 12.3 Å². The highest BCUT2D eigenvalue weighted by Crippen LogP contribution is 2.20. The fourth-order valence-corrected chi connectivity index (χ4v) is 1.16. The molecular weight excluding hydrogens is 217 g/mol. The van der Waals surface area contributed by atoms with Crippen LogP contribution in [0.1, 0.15) is 18.1 Å². The van der Waals surface area contributed by atoms with Gasteiger partial charge in [0.15, 0.2) is 11.6 Å². The molecular formula is C9H12FN3O3. The summed E-state index contributed by atoms with van der Waals surface area (Å²) in [6, 6.07) is 0.942. The second kappa shape index (κ2) is 4.86. The molecule has 0 radical (unpaired) electrons. The average Bonchev–Trinajstić information content (AvgIpc) is 2.20. The van der Waals surface area contributed by atoms with Gasteiger partial charge in [-0.3, -0.25) is 4.79 Å². The van der Waals surface area contributed by atoms with Crippen LogP contribution < -0.4 is 11.5 Å². The maximum absolute atomic E-state index is 13.0. The first kappa shape index (κ1) is 12.3. The number of aliphatic hydroxyl groups is 2. The summed E-state index contributed by atoms with van der Waals surface area (Å²) in [6.07, 6.45) is -2.14. The molecule has 7 heteroatoms. The molecule has 0 spiro atoms. The summed E-state index contributed by atoms with van der Waals surface area (Å²) in [4.78, 5) is 14.0. The van der Waals surface area contributed by atoms with Crippen molar-refractivity contribution in [2.45, 2.75) is 18.6 Å². The lowest BCUT2D eigenvalue weighted by atomic mass is 10.0. The normalized spacial score (nSPS) is 14.4. The van der Waals surface area contributed by atoms with Crippen LogP contribution in [0, 0.1) is 5.82 Å². The van der Waals surface area contributed by atoms with E-state index >= 15 is 0 Å². The number of nitrogen functional groups attached to an aromatic ring is 1. The molecule has 2 unspecified atom stereocenters. The number of halogens is 1. The van der Waals surface area contributed by atoms with Crippen LogP contribution in [-0.2, 0) is 4.79 Å². The van der Waals surface area contributed by atoms with E-state index in [1.165, 1.54) is 0 Å². The number of nitrogens with zero attached hydrogens (tertiary/aromatic N) is 1. The largest absolute Gasteiger partial charge is 0.390 e. The van der Waals surface area contributed by atoms with Crippen LogP contribution in [0.2, 0.25) is 0 Å². The molecule has 0 aromatic carbocycles. The number of anilines is 1. The maximum atomic E-state index is 13.0. The van der Waals surface area contributed by atoms with Crippen molar-refractivity contribution in [3.8, 4) is 0 Å². The second-order valence-corrected chi connectivity index (χ2v) is 3.32. The number of carbonyl (C=O) groups excluding carboxylic acids is 1. The molecule has 0 saturated carbocycles. The zero-order chi connectivity index (χ0) is 12.3. The van der Waals surface area contributed by atoms with Gasteiger partial charge in [0.25, 0.3) is 0 Å². The maximum Gasteiger partial charge on any atom is 0.220 e. The third kappa shape index (κ3) is 2.88. The minimum absolute atomic E-state index is 0.0282. The minimum atomic E-state index is -1.44. The van der Waals surface area contributed by atoms with Gasteiger partial charge in [-0.05, 0) is 6.07 Å². The number of rotatable bonds is 4. The van der Waals surface area contributed by atoms with Gasteiger partial charge in [-0.1, -0.05) is 0 Å². The van der Waals surface area contributed by atoms with E-state index < -0.39 is 30.4 Å². The van der Waals surface area contributed by atoms with Gasteiger partial charge in [0, 0.05) is 11.8 Å². The summed E-state index contributed by atoms with van der Waals surface area (Å²) < 4.78 is 13.0. The molecule has 1 amide bonds. The number of hydrogen-bond donors (Lipinski definition) is 4. The number of nitrogens with two attached hydrogens (primary N) is 2. The van der Waals surface area contributed by atoms with Crippen LogP contribution in [0.4, 0.5) is 10.2 Å². The van der Waals surface area contributed by atoms with Gasteiger partial charge in [-0.15, -0.1) is 0 Å². The fraction of sp³-hybridized carbons (Fsp3) is 0.333. The van der Waals surface area contributed by atoms with Gasteiger partial charge < -0.3 is 21.7 Å². The SMILES string of the molecule is NC(=O)CC(O)C(O)c1cnc(N)c(F)c1. The third-order valence-corrected chi connectivity index (χ3v) is 2.01. The summed E-state index contributed by atoms with van der Waals surface area (Å²) in [5, 5.41) is 18.9. The Balaban J connectivity index is 2.83. The van der Waals surface area contributed by atoms with Crippen molar-refractivity contribution in [2.75, 3.05) is 5.73 Å². The molecule has 0 fully saturated rings. The lowest BCUT2D eigenvalue weighted by Gasteiger charge is -2.16. The molecule has 1 aromatic rings. The van der Waals surface area contributed by atoms with E-state index in [-0.39, 0.29) is 11.4 Å². The molecule has 0 saturated heterocycles. The van der Waals surface area contributed by atoms with Crippen LogP contribution in [0.5, 0.6) is 0 Å². The standard InChI is InChI=1S/C9H12FN3O3/c10-5-1-4(3-13-9(5)12)8(16)6(14)2-7(11)15/h1,3,6,8,14,16H,2H2,(H2,11,15)(H2,12,13). The quantitative estimate of drug-likeness (QED) is 0.531. The number of pyridine rings is 1. The van der Waals surface area contributed by atoms with E-state index in [0.29, 0.717) is 0 Å². The predicted molar refractivity (Wildman–Crippen MR) is 53.4 cm³/mol. The van der Waals surface area contributed by atoms with Crippen LogP contribution in [0.25, 0.3) is 0 Å². The molecule has 1 rings (SSSR count). The number of aromatic nitrogens is 1. The molecule has 1 heterocycles. The first-order valence-corrected chi connectivity index (χ1v) is 4.47. The first-order valence-electron chi connectivity index (χ1n) is 4.47. The number of hydrogen-bond acceptors (Lipinski definition) is 5. The van der Waals surface area contributed by atoms with Crippen molar-refractivity contribution in [3.63, 3.8) is 0 Å².